The molecule has 0 radical (unpaired) electrons. The molecule has 0 fully saturated rings. The molecule has 1 heterocycles. The van der Waals surface area contributed by atoms with Crippen LogP contribution < -0.4 is 0 Å². The molecule has 1 aliphatic carbocycles. The highest BCUT2D eigenvalue weighted by molar-refractivity contribution is 5.93. The number of ether oxygens (including phenoxy) is 1. The van der Waals surface area contributed by atoms with Crippen molar-refractivity contribution in [3.63, 3.8) is 0 Å². The van der Waals surface area contributed by atoms with Crippen molar-refractivity contribution < 1.29 is 19.7 Å². The highest BCUT2D eigenvalue weighted by atomic mass is 16.5. The highest BCUT2D eigenvalue weighted by Gasteiger charge is 2.42. The van der Waals surface area contributed by atoms with Gasteiger partial charge in [-0.05, 0) is 31.3 Å². The predicted molar refractivity (Wildman–Crippen MR) is 57.7 cm³/mol. The van der Waals surface area contributed by atoms with E-state index in [1.165, 1.54) is 0 Å². The van der Waals surface area contributed by atoms with Crippen LogP contribution >= 0.6 is 0 Å². The Labute approximate surface area is 94.9 Å². The van der Waals surface area contributed by atoms with Gasteiger partial charge in [-0.15, -0.1) is 0 Å². The van der Waals surface area contributed by atoms with E-state index in [2.05, 4.69) is 6.92 Å². The molecule has 0 aromatic rings. The molecule has 4 heteroatoms. The van der Waals surface area contributed by atoms with E-state index < -0.39 is 18.2 Å². The fourth-order valence-corrected chi connectivity index (χ4v) is 2.45. The number of unbranched alkanes of at least 4 members (excludes halogenated alkanes) is 1. The third-order valence-electron chi connectivity index (χ3n) is 3.39. The minimum Gasteiger partial charge on any atom is -0.454 e. The molecule has 2 aliphatic rings. The number of hydrogen-bond acceptors (Lipinski definition) is 4. The Kier molecular flexibility index (Phi) is 3.30. The fraction of sp³-hybridized carbons (Fsp3) is 0.750. The van der Waals surface area contributed by atoms with Crippen LogP contribution in [0.1, 0.15) is 39.0 Å². The summed E-state index contributed by atoms with van der Waals surface area (Å²) in [4.78, 5) is 11.6. The van der Waals surface area contributed by atoms with Gasteiger partial charge in [0, 0.05) is 0 Å². The first kappa shape index (κ1) is 11.6. The van der Waals surface area contributed by atoms with Crippen molar-refractivity contribution in [3.8, 4) is 0 Å². The zero-order valence-corrected chi connectivity index (χ0v) is 9.48. The number of aliphatic hydroxyl groups is 2. The van der Waals surface area contributed by atoms with Gasteiger partial charge < -0.3 is 14.9 Å². The number of hydrogen-bond donors (Lipinski definition) is 2. The average molecular weight is 226 g/mol. The summed E-state index contributed by atoms with van der Waals surface area (Å²) in [6.45, 7) is 2.09. The molecule has 4 nitrogen and oxygen atoms in total. The number of carbonyl (C=O) groups is 1. The molecule has 2 N–H and O–H groups in total. The van der Waals surface area contributed by atoms with E-state index in [-0.39, 0.29) is 6.10 Å². The van der Waals surface area contributed by atoms with Gasteiger partial charge in [-0.25, -0.2) is 4.79 Å². The van der Waals surface area contributed by atoms with Crippen molar-refractivity contribution in [2.24, 2.45) is 0 Å². The second kappa shape index (κ2) is 4.55. The first-order chi connectivity index (χ1) is 7.65. The quantitative estimate of drug-likeness (QED) is 0.702. The van der Waals surface area contributed by atoms with Gasteiger partial charge in [-0.2, -0.15) is 0 Å². The second-order valence-electron chi connectivity index (χ2n) is 4.53. The van der Waals surface area contributed by atoms with E-state index in [0.717, 1.165) is 24.8 Å². The van der Waals surface area contributed by atoms with Crippen molar-refractivity contribution in [3.05, 3.63) is 11.1 Å². The van der Waals surface area contributed by atoms with Gasteiger partial charge in [0.25, 0.3) is 0 Å². The smallest absolute Gasteiger partial charge is 0.337 e. The van der Waals surface area contributed by atoms with Crippen LogP contribution in [0.4, 0.5) is 0 Å². The SMILES string of the molecule is CCCCC1OC(=O)C2=C1CC[C@@H](O)[C@@H]2O. The van der Waals surface area contributed by atoms with Crippen LogP contribution in [0.2, 0.25) is 0 Å². The first-order valence-corrected chi connectivity index (χ1v) is 5.95. The van der Waals surface area contributed by atoms with E-state index in [9.17, 15) is 15.0 Å². The molecular formula is C12H18O4. The van der Waals surface area contributed by atoms with E-state index in [4.69, 9.17) is 4.74 Å². The van der Waals surface area contributed by atoms with Crippen LogP contribution in [0.3, 0.4) is 0 Å². The maximum Gasteiger partial charge on any atom is 0.337 e. The molecule has 90 valence electrons. The molecule has 1 unspecified atom stereocenters. The zero-order chi connectivity index (χ0) is 11.7. The maximum absolute atomic E-state index is 11.6. The van der Waals surface area contributed by atoms with E-state index in [1.54, 1.807) is 0 Å². The van der Waals surface area contributed by atoms with Crippen molar-refractivity contribution >= 4 is 5.97 Å². The number of aliphatic hydroxyl groups excluding tert-OH is 2. The van der Waals surface area contributed by atoms with Crippen molar-refractivity contribution in [1.29, 1.82) is 0 Å². The molecule has 1 aliphatic heterocycles. The van der Waals surface area contributed by atoms with Gasteiger partial charge in [0.05, 0.1) is 11.7 Å². The van der Waals surface area contributed by atoms with Crippen molar-refractivity contribution in [2.75, 3.05) is 0 Å². The molecule has 0 saturated carbocycles. The molecule has 0 aromatic carbocycles. The standard InChI is InChI=1S/C12H18O4/c1-2-3-4-9-7-5-6-8(13)11(14)10(7)12(15)16-9/h8-9,11,13-14H,2-6H2,1H3/t8-,9?,11+/m1/s1. The van der Waals surface area contributed by atoms with Gasteiger partial charge in [0.1, 0.15) is 12.2 Å². The Morgan fingerprint density at radius 3 is 2.88 bits per heavy atom. The van der Waals surface area contributed by atoms with Crippen LogP contribution in [0.15, 0.2) is 11.1 Å². The summed E-state index contributed by atoms with van der Waals surface area (Å²) in [5, 5.41) is 19.3. The maximum atomic E-state index is 11.6. The Morgan fingerprint density at radius 2 is 2.19 bits per heavy atom. The van der Waals surface area contributed by atoms with Crippen LogP contribution in [-0.4, -0.2) is 34.5 Å². The lowest BCUT2D eigenvalue weighted by Gasteiger charge is -2.24. The third-order valence-corrected chi connectivity index (χ3v) is 3.39. The largest absolute Gasteiger partial charge is 0.454 e. The lowest BCUT2D eigenvalue weighted by Crippen LogP contribution is -2.33. The fourth-order valence-electron chi connectivity index (χ4n) is 2.45. The average Bonchev–Trinajstić information content (AvgIpc) is 2.58. The first-order valence-electron chi connectivity index (χ1n) is 5.95. The Morgan fingerprint density at radius 1 is 1.44 bits per heavy atom. The molecule has 0 bridgehead atoms. The van der Waals surface area contributed by atoms with Crippen molar-refractivity contribution in [2.45, 2.75) is 57.3 Å². The molecular weight excluding hydrogens is 208 g/mol. The second-order valence-corrected chi connectivity index (χ2v) is 4.53. The molecule has 0 spiro atoms. The predicted octanol–water partition coefficient (Wildman–Crippen LogP) is 0.914. The van der Waals surface area contributed by atoms with Gasteiger partial charge in [-0.1, -0.05) is 13.3 Å². The lowest BCUT2D eigenvalue weighted by molar-refractivity contribution is -0.141. The lowest BCUT2D eigenvalue weighted by atomic mass is 9.85. The monoisotopic (exact) mass is 226 g/mol. The molecule has 16 heavy (non-hydrogen) atoms. The van der Waals surface area contributed by atoms with Crippen molar-refractivity contribution in [1.82, 2.24) is 0 Å². The molecule has 0 saturated heterocycles. The minimum absolute atomic E-state index is 0.162. The Balaban J connectivity index is 2.17. The van der Waals surface area contributed by atoms with Crippen LogP contribution in [0.5, 0.6) is 0 Å². The van der Waals surface area contributed by atoms with Gasteiger partial charge in [0.2, 0.25) is 0 Å². The third kappa shape index (κ3) is 1.87. The molecule has 2 rings (SSSR count). The van der Waals surface area contributed by atoms with E-state index >= 15 is 0 Å². The number of carbonyl (C=O) groups excluding carboxylic acids is 1. The number of cyclic esters (lactones) is 1. The number of rotatable bonds is 3. The summed E-state index contributed by atoms with van der Waals surface area (Å²) >= 11 is 0. The number of esters is 1. The summed E-state index contributed by atoms with van der Waals surface area (Å²) in [6, 6.07) is 0. The van der Waals surface area contributed by atoms with Gasteiger partial charge in [0.15, 0.2) is 0 Å². The summed E-state index contributed by atoms with van der Waals surface area (Å²) < 4.78 is 5.25. The Bertz CT molecular complexity index is 321. The van der Waals surface area contributed by atoms with Crippen LogP contribution in [0.25, 0.3) is 0 Å². The molecule has 3 atom stereocenters. The van der Waals surface area contributed by atoms with Gasteiger partial charge in [-0.3, -0.25) is 0 Å². The zero-order valence-electron chi connectivity index (χ0n) is 9.48. The van der Waals surface area contributed by atoms with Crippen LogP contribution in [0, 0.1) is 0 Å². The molecule has 0 aromatic heterocycles. The van der Waals surface area contributed by atoms with E-state index in [1.807, 2.05) is 0 Å². The topological polar surface area (TPSA) is 66.8 Å². The Hall–Kier alpha value is -0.870. The normalized spacial score (nSPS) is 33.9. The van der Waals surface area contributed by atoms with E-state index in [0.29, 0.717) is 18.4 Å². The summed E-state index contributed by atoms with van der Waals surface area (Å²) in [5.41, 5.74) is 1.23. The highest BCUT2D eigenvalue weighted by Crippen LogP contribution is 2.36. The minimum atomic E-state index is -1.05. The summed E-state index contributed by atoms with van der Waals surface area (Å²) in [6.07, 6.45) is 2.02. The molecule has 0 amide bonds. The summed E-state index contributed by atoms with van der Waals surface area (Å²) in [5.74, 6) is -0.442. The summed E-state index contributed by atoms with van der Waals surface area (Å²) in [7, 11) is 0. The van der Waals surface area contributed by atoms with Gasteiger partial charge >= 0.3 is 5.97 Å². The van der Waals surface area contributed by atoms with Crippen LogP contribution in [-0.2, 0) is 9.53 Å².